The van der Waals surface area contributed by atoms with Gasteiger partial charge in [-0.25, -0.2) is 14.4 Å². The molecule has 4 aromatic rings. The van der Waals surface area contributed by atoms with Gasteiger partial charge in [-0.05, 0) is 36.4 Å². The van der Waals surface area contributed by atoms with Crippen LogP contribution in [0, 0.1) is 27.3 Å². The largest absolute Gasteiger partial charge is 0.483 e. The van der Waals surface area contributed by atoms with Crippen molar-refractivity contribution in [2.75, 3.05) is 11.9 Å². The maximum Gasteiger partial charge on any atom is 0.270 e. The Bertz CT molecular complexity index is 1440. The monoisotopic (exact) mass is 507 g/mol. The zero-order chi connectivity index (χ0) is 24.8. The average Bonchev–Trinajstić information content (AvgIpc) is 3.54. The maximum atomic E-state index is 13.2. The number of carbonyl (C=O) groups excluding carboxylic acids is 1. The molecule has 0 atom stereocenters. The molecule has 1 amide bonds. The van der Waals surface area contributed by atoms with Gasteiger partial charge < -0.3 is 4.74 Å². The number of benzene rings is 2. The van der Waals surface area contributed by atoms with Crippen LogP contribution in [0.1, 0.15) is 10.6 Å². The standard InChI is InChI=1S/C23H14FN5O4S2/c24-17-3-1-14(2-4-17)19-13-35-22(27-19)16(11-25)9-15-10-18(29(31)32)5-6-20(15)33-12-21(30)28-23-26-7-8-34-23/h1-10,13H,12H2,(H,26,28,30)/b16-9+. The van der Waals surface area contributed by atoms with Crippen molar-refractivity contribution in [2.24, 2.45) is 0 Å². The van der Waals surface area contributed by atoms with Gasteiger partial charge in [0.05, 0.1) is 16.2 Å². The molecule has 2 aromatic carbocycles. The third kappa shape index (κ3) is 5.91. The number of carbonyl (C=O) groups is 1. The van der Waals surface area contributed by atoms with Gasteiger partial charge in [-0.3, -0.25) is 20.2 Å². The summed E-state index contributed by atoms with van der Waals surface area (Å²) in [5.41, 5.74) is 1.40. The number of nitro groups is 1. The predicted molar refractivity (Wildman–Crippen MR) is 130 cm³/mol. The number of aromatic nitrogens is 2. The van der Waals surface area contributed by atoms with Crippen molar-refractivity contribution >= 4 is 51.0 Å². The first-order chi connectivity index (χ1) is 16.9. The van der Waals surface area contributed by atoms with E-state index in [1.165, 1.54) is 59.1 Å². The molecule has 0 saturated heterocycles. The summed E-state index contributed by atoms with van der Waals surface area (Å²) in [5.74, 6) is -0.661. The van der Waals surface area contributed by atoms with Gasteiger partial charge in [0, 0.05) is 40.2 Å². The van der Waals surface area contributed by atoms with Crippen LogP contribution in [0.5, 0.6) is 5.75 Å². The van der Waals surface area contributed by atoms with Crippen LogP contribution >= 0.6 is 22.7 Å². The van der Waals surface area contributed by atoms with E-state index in [1.807, 2.05) is 6.07 Å². The number of amides is 1. The summed E-state index contributed by atoms with van der Waals surface area (Å²) in [4.78, 5) is 31.3. The van der Waals surface area contributed by atoms with Gasteiger partial charge in [-0.2, -0.15) is 5.26 Å². The normalized spacial score (nSPS) is 11.0. The van der Waals surface area contributed by atoms with Gasteiger partial charge in [0.15, 0.2) is 11.7 Å². The van der Waals surface area contributed by atoms with Gasteiger partial charge >= 0.3 is 0 Å². The van der Waals surface area contributed by atoms with Crippen LogP contribution in [0.2, 0.25) is 0 Å². The SMILES string of the molecule is N#C/C(=C\c1cc([N+](=O)[O-])ccc1OCC(=O)Nc1nccs1)c1nc(-c2ccc(F)cc2)cs1. The highest BCUT2D eigenvalue weighted by Crippen LogP contribution is 2.31. The Kier molecular flexibility index (Phi) is 7.20. The molecule has 12 heteroatoms. The third-order valence-electron chi connectivity index (χ3n) is 4.54. The molecule has 0 unspecified atom stereocenters. The minimum atomic E-state index is -0.571. The molecule has 2 aromatic heterocycles. The molecule has 0 aliphatic heterocycles. The van der Waals surface area contributed by atoms with Gasteiger partial charge in [-0.15, -0.1) is 22.7 Å². The zero-order valence-corrected chi connectivity index (χ0v) is 19.3. The molecule has 0 radical (unpaired) electrons. The number of nitrogens with one attached hydrogen (secondary N) is 1. The van der Waals surface area contributed by atoms with Crippen molar-refractivity contribution in [2.45, 2.75) is 0 Å². The smallest absolute Gasteiger partial charge is 0.270 e. The molecule has 0 spiro atoms. The number of non-ortho nitro benzene ring substituents is 1. The second kappa shape index (κ2) is 10.6. The number of allylic oxidation sites excluding steroid dienone is 1. The number of hydrogen-bond donors (Lipinski definition) is 1. The number of nitriles is 1. The summed E-state index contributed by atoms with van der Waals surface area (Å²) in [5, 5.41) is 27.8. The lowest BCUT2D eigenvalue weighted by Crippen LogP contribution is -2.20. The van der Waals surface area contributed by atoms with Crippen molar-refractivity contribution in [1.29, 1.82) is 5.26 Å². The average molecular weight is 508 g/mol. The summed E-state index contributed by atoms with van der Waals surface area (Å²) in [6.45, 7) is -0.369. The van der Waals surface area contributed by atoms with Crippen molar-refractivity contribution in [1.82, 2.24) is 9.97 Å². The molecule has 0 fully saturated rings. The van der Waals surface area contributed by atoms with Gasteiger partial charge in [0.25, 0.3) is 11.6 Å². The predicted octanol–water partition coefficient (Wildman–Crippen LogP) is 5.40. The van der Waals surface area contributed by atoms with Crippen LogP contribution in [0.15, 0.2) is 59.4 Å². The summed E-state index contributed by atoms with van der Waals surface area (Å²) < 4.78 is 18.8. The topological polar surface area (TPSA) is 131 Å². The summed E-state index contributed by atoms with van der Waals surface area (Å²) in [7, 11) is 0. The van der Waals surface area contributed by atoms with Crippen molar-refractivity contribution in [3.63, 3.8) is 0 Å². The lowest BCUT2D eigenvalue weighted by atomic mass is 10.1. The number of nitrogens with zero attached hydrogens (tertiary/aromatic N) is 4. The highest BCUT2D eigenvalue weighted by atomic mass is 32.1. The van der Waals surface area contributed by atoms with E-state index in [2.05, 4.69) is 15.3 Å². The van der Waals surface area contributed by atoms with E-state index < -0.39 is 10.8 Å². The van der Waals surface area contributed by atoms with Crippen molar-refractivity contribution < 1.29 is 18.8 Å². The molecule has 4 rings (SSSR count). The Balaban J connectivity index is 1.61. The molecule has 2 heterocycles. The van der Waals surface area contributed by atoms with E-state index in [0.717, 1.165) is 0 Å². The fraction of sp³-hybridized carbons (Fsp3) is 0.0435. The summed E-state index contributed by atoms with van der Waals surface area (Å²) in [6, 6.07) is 11.7. The van der Waals surface area contributed by atoms with E-state index in [-0.39, 0.29) is 35.0 Å². The van der Waals surface area contributed by atoms with E-state index in [9.17, 15) is 24.6 Å². The Labute approximate surface area is 205 Å². The van der Waals surface area contributed by atoms with Crippen LogP contribution in [0.3, 0.4) is 0 Å². The fourth-order valence-electron chi connectivity index (χ4n) is 2.93. The quantitative estimate of drug-likeness (QED) is 0.192. The zero-order valence-electron chi connectivity index (χ0n) is 17.7. The lowest BCUT2D eigenvalue weighted by Gasteiger charge is -2.09. The van der Waals surface area contributed by atoms with Crippen LogP contribution in [0.25, 0.3) is 22.9 Å². The fourth-order valence-corrected chi connectivity index (χ4v) is 4.27. The van der Waals surface area contributed by atoms with E-state index >= 15 is 0 Å². The molecular formula is C23H14FN5O4S2. The Morgan fingerprint density at radius 1 is 1.26 bits per heavy atom. The number of rotatable bonds is 8. The number of halogens is 1. The minimum absolute atomic E-state index is 0.140. The summed E-state index contributed by atoms with van der Waals surface area (Å²) >= 11 is 2.44. The Morgan fingerprint density at radius 2 is 2.06 bits per heavy atom. The molecule has 9 nitrogen and oxygen atoms in total. The lowest BCUT2D eigenvalue weighted by molar-refractivity contribution is -0.384. The maximum absolute atomic E-state index is 13.2. The molecule has 35 heavy (non-hydrogen) atoms. The molecular weight excluding hydrogens is 493 g/mol. The van der Waals surface area contributed by atoms with Gasteiger partial charge in [0.2, 0.25) is 0 Å². The highest BCUT2D eigenvalue weighted by Gasteiger charge is 2.15. The van der Waals surface area contributed by atoms with E-state index in [4.69, 9.17) is 4.74 Å². The molecule has 174 valence electrons. The van der Waals surface area contributed by atoms with Crippen LogP contribution < -0.4 is 10.1 Å². The highest BCUT2D eigenvalue weighted by molar-refractivity contribution is 7.13. The number of anilines is 1. The van der Waals surface area contributed by atoms with Crippen LogP contribution in [-0.4, -0.2) is 27.4 Å². The minimum Gasteiger partial charge on any atom is -0.483 e. The first-order valence-electron chi connectivity index (χ1n) is 9.87. The number of ether oxygens (including phenoxy) is 1. The number of thiazole rings is 2. The van der Waals surface area contributed by atoms with Crippen LogP contribution in [-0.2, 0) is 4.79 Å². The first-order valence-corrected chi connectivity index (χ1v) is 11.6. The molecule has 0 saturated carbocycles. The Morgan fingerprint density at radius 3 is 2.74 bits per heavy atom. The van der Waals surface area contributed by atoms with Gasteiger partial charge in [0.1, 0.15) is 22.6 Å². The molecule has 0 bridgehead atoms. The molecule has 0 aliphatic rings. The van der Waals surface area contributed by atoms with Crippen molar-refractivity contribution in [3.05, 3.63) is 85.9 Å². The molecule has 1 N–H and O–H groups in total. The Hall–Kier alpha value is -4.47. The second-order valence-corrected chi connectivity index (χ2v) is 8.62. The van der Waals surface area contributed by atoms with Crippen LogP contribution in [0.4, 0.5) is 15.2 Å². The first kappa shape index (κ1) is 23.7. The third-order valence-corrected chi connectivity index (χ3v) is 6.10. The summed E-state index contributed by atoms with van der Waals surface area (Å²) in [6.07, 6.45) is 2.96. The molecule has 0 aliphatic carbocycles. The van der Waals surface area contributed by atoms with Crippen molar-refractivity contribution in [3.8, 4) is 23.1 Å². The van der Waals surface area contributed by atoms with E-state index in [1.54, 1.807) is 29.1 Å². The number of hydrogen-bond acceptors (Lipinski definition) is 9. The van der Waals surface area contributed by atoms with Gasteiger partial charge in [-0.1, -0.05) is 0 Å². The second-order valence-electron chi connectivity index (χ2n) is 6.87. The van der Waals surface area contributed by atoms with E-state index in [0.29, 0.717) is 21.4 Å². The number of nitro benzene ring substituents is 1.